The van der Waals surface area contributed by atoms with Crippen molar-refractivity contribution in [2.45, 2.75) is 43.7 Å². The topological polar surface area (TPSA) is 46.8 Å². The van der Waals surface area contributed by atoms with Gasteiger partial charge in [0.2, 0.25) is 0 Å². The second kappa shape index (κ2) is 6.48. The van der Waals surface area contributed by atoms with Crippen molar-refractivity contribution in [3.8, 4) is 0 Å². The summed E-state index contributed by atoms with van der Waals surface area (Å²) >= 11 is 1.77. The Labute approximate surface area is 135 Å². The van der Waals surface area contributed by atoms with E-state index in [9.17, 15) is 13.2 Å². The molecule has 0 saturated carbocycles. The lowest BCUT2D eigenvalue weighted by Gasteiger charge is -2.26. The summed E-state index contributed by atoms with van der Waals surface area (Å²) < 4.78 is 38.6. The monoisotopic (exact) mass is 343 g/mol. The standard InChI is InChI=1S/C14H16F3N5S/c1-10-8-23-12-5-3-2-4-11(12)6-21(10)7-13-18-19-20-22(13)9-14(15,16)17/h2-5,10H,6-9H2,1H3/t10-/m1/s1. The van der Waals surface area contributed by atoms with Gasteiger partial charge in [-0.1, -0.05) is 18.2 Å². The number of nitrogens with zero attached hydrogens (tertiary/aromatic N) is 5. The number of benzene rings is 1. The number of halogens is 3. The summed E-state index contributed by atoms with van der Waals surface area (Å²) in [6.07, 6.45) is -4.34. The van der Waals surface area contributed by atoms with Gasteiger partial charge in [-0.15, -0.1) is 16.9 Å². The molecule has 0 spiro atoms. The van der Waals surface area contributed by atoms with Gasteiger partial charge in [-0.3, -0.25) is 4.90 Å². The Hall–Kier alpha value is -1.61. The van der Waals surface area contributed by atoms with Crippen LogP contribution < -0.4 is 0 Å². The summed E-state index contributed by atoms with van der Waals surface area (Å²) in [5.74, 6) is 1.11. The van der Waals surface area contributed by atoms with Crippen molar-refractivity contribution < 1.29 is 13.2 Å². The fraction of sp³-hybridized carbons (Fsp3) is 0.500. The zero-order chi connectivity index (χ0) is 16.4. The summed E-state index contributed by atoms with van der Waals surface area (Å²) in [4.78, 5) is 3.33. The van der Waals surface area contributed by atoms with Crippen molar-refractivity contribution in [3.63, 3.8) is 0 Å². The number of aromatic nitrogens is 4. The van der Waals surface area contributed by atoms with Crippen molar-refractivity contribution in [1.29, 1.82) is 0 Å². The lowest BCUT2D eigenvalue weighted by atomic mass is 10.2. The molecule has 0 amide bonds. The van der Waals surface area contributed by atoms with E-state index < -0.39 is 12.7 Å². The van der Waals surface area contributed by atoms with Crippen LogP contribution in [0, 0.1) is 0 Å². The van der Waals surface area contributed by atoms with Crippen LogP contribution in [0.1, 0.15) is 18.3 Å². The highest BCUT2D eigenvalue weighted by molar-refractivity contribution is 7.99. The molecule has 23 heavy (non-hydrogen) atoms. The third-order valence-electron chi connectivity index (χ3n) is 3.73. The zero-order valence-corrected chi connectivity index (χ0v) is 13.3. The molecule has 0 radical (unpaired) electrons. The number of rotatable bonds is 3. The van der Waals surface area contributed by atoms with Gasteiger partial charge >= 0.3 is 6.18 Å². The van der Waals surface area contributed by atoms with Crippen LogP contribution in [0.15, 0.2) is 29.2 Å². The van der Waals surface area contributed by atoms with Gasteiger partial charge in [0.25, 0.3) is 0 Å². The van der Waals surface area contributed by atoms with Crippen molar-refractivity contribution in [3.05, 3.63) is 35.7 Å². The molecule has 9 heteroatoms. The van der Waals surface area contributed by atoms with Gasteiger partial charge in [0.1, 0.15) is 6.54 Å². The Bertz CT molecular complexity index is 672. The molecule has 3 rings (SSSR count). The Morgan fingerprint density at radius 3 is 2.87 bits per heavy atom. The van der Waals surface area contributed by atoms with Crippen LogP contribution in [-0.4, -0.2) is 43.1 Å². The highest BCUT2D eigenvalue weighted by Gasteiger charge is 2.31. The summed E-state index contributed by atoms with van der Waals surface area (Å²) in [6.45, 7) is 1.86. The molecule has 1 aromatic heterocycles. The molecular weight excluding hydrogens is 327 g/mol. The SMILES string of the molecule is C[C@@H]1CSc2ccccc2CN1Cc1nnnn1CC(F)(F)F. The fourth-order valence-corrected chi connectivity index (χ4v) is 3.61. The highest BCUT2D eigenvalue weighted by atomic mass is 32.2. The summed E-state index contributed by atoms with van der Waals surface area (Å²) in [7, 11) is 0. The Morgan fingerprint density at radius 2 is 2.09 bits per heavy atom. The van der Waals surface area contributed by atoms with Crippen LogP contribution in [0.3, 0.4) is 0 Å². The molecule has 0 bridgehead atoms. The average Bonchev–Trinajstić information content (AvgIpc) is 2.82. The number of tetrazole rings is 1. The summed E-state index contributed by atoms with van der Waals surface area (Å²) in [6, 6.07) is 8.30. The van der Waals surface area contributed by atoms with E-state index in [1.807, 2.05) is 18.2 Å². The maximum Gasteiger partial charge on any atom is 0.408 e. The Balaban J connectivity index is 1.78. The molecule has 1 aliphatic rings. The molecular formula is C14H16F3N5S. The third kappa shape index (κ3) is 4.03. The number of hydrogen-bond acceptors (Lipinski definition) is 5. The normalized spacial score (nSPS) is 19.4. The van der Waals surface area contributed by atoms with E-state index in [0.29, 0.717) is 13.1 Å². The highest BCUT2D eigenvalue weighted by Crippen LogP contribution is 2.30. The van der Waals surface area contributed by atoms with Gasteiger partial charge < -0.3 is 0 Å². The van der Waals surface area contributed by atoms with Gasteiger partial charge in [0.05, 0.1) is 6.54 Å². The molecule has 1 atom stereocenters. The van der Waals surface area contributed by atoms with Crippen LogP contribution in [0.5, 0.6) is 0 Å². The van der Waals surface area contributed by atoms with E-state index in [-0.39, 0.29) is 11.9 Å². The van der Waals surface area contributed by atoms with Gasteiger partial charge in [-0.25, -0.2) is 4.68 Å². The second-order valence-electron chi connectivity index (χ2n) is 5.54. The van der Waals surface area contributed by atoms with Gasteiger partial charge in [-0.2, -0.15) is 13.2 Å². The van der Waals surface area contributed by atoms with Gasteiger partial charge in [0.15, 0.2) is 5.82 Å². The van der Waals surface area contributed by atoms with Crippen molar-refractivity contribution in [2.24, 2.45) is 0 Å². The van der Waals surface area contributed by atoms with Crippen molar-refractivity contribution in [1.82, 2.24) is 25.1 Å². The van der Waals surface area contributed by atoms with E-state index in [0.717, 1.165) is 10.4 Å². The molecule has 5 nitrogen and oxygen atoms in total. The largest absolute Gasteiger partial charge is 0.408 e. The molecule has 2 aromatic rings. The fourth-order valence-electron chi connectivity index (χ4n) is 2.49. The number of thioether (sulfide) groups is 1. The number of alkyl halides is 3. The summed E-state index contributed by atoms with van der Waals surface area (Å²) in [5.41, 5.74) is 1.18. The lowest BCUT2D eigenvalue weighted by molar-refractivity contribution is -0.143. The Morgan fingerprint density at radius 1 is 1.30 bits per heavy atom. The van der Waals surface area contributed by atoms with E-state index in [1.54, 1.807) is 11.8 Å². The first-order valence-corrected chi connectivity index (χ1v) is 8.17. The smallest absolute Gasteiger partial charge is 0.288 e. The first kappa shape index (κ1) is 16.3. The molecule has 0 N–H and O–H groups in total. The van der Waals surface area contributed by atoms with Gasteiger partial charge in [-0.05, 0) is 29.0 Å². The third-order valence-corrected chi connectivity index (χ3v) is 5.09. The van der Waals surface area contributed by atoms with E-state index in [1.165, 1.54) is 10.5 Å². The number of hydrogen-bond donors (Lipinski definition) is 0. The molecule has 1 aromatic carbocycles. The quantitative estimate of drug-likeness (QED) is 0.858. The second-order valence-corrected chi connectivity index (χ2v) is 6.60. The van der Waals surface area contributed by atoms with Crippen molar-refractivity contribution >= 4 is 11.8 Å². The van der Waals surface area contributed by atoms with Crippen LogP contribution in [-0.2, 0) is 19.6 Å². The Kier molecular flexibility index (Phi) is 4.58. The molecule has 0 unspecified atom stereocenters. The van der Waals surface area contributed by atoms with Crippen LogP contribution >= 0.6 is 11.8 Å². The molecule has 1 aliphatic heterocycles. The minimum Gasteiger partial charge on any atom is -0.288 e. The first-order valence-electron chi connectivity index (χ1n) is 7.19. The molecule has 0 fully saturated rings. The maximum atomic E-state index is 12.6. The molecule has 124 valence electrons. The average molecular weight is 343 g/mol. The minimum atomic E-state index is -4.34. The van der Waals surface area contributed by atoms with Gasteiger partial charge in [0, 0.05) is 23.2 Å². The van der Waals surface area contributed by atoms with Crippen LogP contribution in [0.2, 0.25) is 0 Å². The zero-order valence-electron chi connectivity index (χ0n) is 12.5. The number of fused-ring (bicyclic) bond motifs is 1. The van der Waals surface area contributed by atoms with Crippen LogP contribution in [0.25, 0.3) is 0 Å². The predicted octanol–water partition coefficient (Wildman–Crippen LogP) is 2.73. The maximum absolute atomic E-state index is 12.6. The minimum absolute atomic E-state index is 0.212. The predicted molar refractivity (Wildman–Crippen MR) is 79.7 cm³/mol. The van der Waals surface area contributed by atoms with E-state index >= 15 is 0 Å². The van der Waals surface area contributed by atoms with Crippen LogP contribution in [0.4, 0.5) is 13.2 Å². The molecule has 0 aliphatic carbocycles. The summed E-state index contributed by atoms with van der Waals surface area (Å²) in [5, 5.41) is 10.6. The lowest BCUT2D eigenvalue weighted by Crippen LogP contribution is -2.34. The molecule has 2 heterocycles. The molecule has 0 saturated heterocycles. The van der Waals surface area contributed by atoms with E-state index in [2.05, 4.69) is 33.4 Å². The first-order chi connectivity index (χ1) is 10.9. The van der Waals surface area contributed by atoms with E-state index in [4.69, 9.17) is 0 Å². The van der Waals surface area contributed by atoms with Crippen molar-refractivity contribution in [2.75, 3.05) is 5.75 Å².